The van der Waals surface area contributed by atoms with Crippen LogP contribution in [0.15, 0.2) is 12.4 Å². The van der Waals surface area contributed by atoms with E-state index in [0.29, 0.717) is 0 Å². The molecule has 0 spiro atoms. The van der Waals surface area contributed by atoms with Gasteiger partial charge in [0.25, 0.3) is 0 Å². The van der Waals surface area contributed by atoms with Crippen LogP contribution >= 0.6 is 0 Å². The molecule has 0 aromatic carbocycles. The number of rotatable bonds is 5. The van der Waals surface area contributed by atoms with E-state index in [1.165, 1.54) is 25.7 Å². The Labute approximate surface area is 114 Å². The number of nitrogens with one attached hydrogen (secondary N) is 1. The second-order valence-electron chi connectivity index (χ2n) is 5.77. The summed E-state index contributed by atoms with van der Waals surface area (Å²) >= 11 is 0. The smallest absolute Gasteiger partial charge is 0.134 e. The Morgan fingerprint density at radius 3 is 2.89 bits per heavy atom. The number of hydrogen-bond donors (Lipinski definition) is 2. The van der Waals surface area contributed by atoms with Crippen molar-refractivity contribution in [1.29, 1.82) is 0 Å². The first kappa shape index (κ1) is 12.7. The van der Waals surface area contributed by atoms with Crippen molar-refractivity contribution >= 4 is 11.6 Å². The highest BCUT2D eigenvalue weighted by atomic mass is 15.2. The molecule has 0 bridgehead atoms. The van der Waals surface area contributed by atoms with Gasteiger partial charge in [0.15, 0.2) is 0 Å². The Balaban J connectivity index is 1.53. The first-order valence-electron chi connectivity index (χ1n) is 7.38. The summed E-state index contributed by atoms with van der Waals surface area (Å²) in [6.45, 7) is 2.92. The highest BCUT2D eigenvalue weighted by Crippen LogP contribution is 2.29. The number of hydrogen-bond acceptors (Lipinski definition) is 5. The summed E-state index contributed by atoms with van der Waals surface area (Å²) < 4.78 is 0. The predicted molar refractivity (Wildman–Crippen MR) is 77.3 cm³/mol. The minimum Gasteiger partial charge on any atom is -0.370 e. The van der Waals surface area contributed by atoms with Gasteiger partial charge in [0.05, 0.1) is 0 Å². The molecule has 3 rings (SSSR count). The summed E-state index contributed by atoms with van der Waals surface area (Å²) in [5.74, 6) is 2.87. The molecule has 1 saturated heterocycles. The van der Waals surface area contributed by atoms with E-state index in [1.54, 1.807) is 6.33 Å². The summed E-state index contributed by atoms with van der Waals surface area (Å²) in [7, 11) is 0. The zero-order chi connectivity index (χ0) is 13.1. The standard InChI is InChI=1S/C14H23N5/c15-12-5-7-19(9-12)14-8-13(17-10-18-14)16-6-4-11-2-1-3-11/h8,10-12H,1-7,9,15H2,(H,16,17,18). The summed E-state index contributed by atoms with van der Waals surface area (Å²) in [5, 5.41) is 3.41. The Kier molecular flexibility index (Phi) is 3.82. The van der Waals surface area contributed by atoms with Crippen LogP contribution in [-0.4, -0.2) is 35.6 Å². The van der Waals surface area contributed by atoms with Gasteiger partial charge in [0.2, 0.25) is 0 Å². The molecule has 1 atom stereocenters. The Bertz CT molecular complexity index is 418. The number of anilines is 2. The van der Waals surface area contributed by atoms with Gasteiger partial charge in [0, 0.05) is 31.7 Å². The number of nitrogens with zero attached hydrogens (tertiary/aromatic N) is 3. The van der Waals surface area contributed by atoms with Crippen LogP contribution in [-0.2, 0) is 0 Å². The largest absolute Gasteiger partial charge is 0.370 e. The minimum absolute atomic E-state index is 0.282. The fourth-order valence-electron chi connectivity index (χ4n) is 2.80. The van der Waals surface area contributed by atoms with E-state index < -0.39 is 0 Å². The van der Waals surface area contributed by atoms with E-state index in [4.69, 9.17) is 5.73 Å². The molecule has 2 fully saturated rings. The molecule has 1 unspecified atom stereocenters. The van der Waals surface area contributed by atoms with E-state index >= 15 is 0 Å². The van der Waals surface area contributed by atoms with Gasteiger partial charge < -0.3 is 16.0 Å². The molecule has 3 N–H and O–H groups in total. The van der Waals surface area contributed by atoms with Crippen molar-refractivity contribution in [3.8, 4) is 0 Å². The molecule has 5 heteroatoms. The van der Waals surface area contributed by atoms with Gasteiger partial charge in [-0.15, -0.1) is 0 Å². The lowest BCUT2D eigenvalue weighted by atomic mass is 9.83. The van der Waals surface area contributed by atoms with Crippen LogP contribution in [0.4, 0.5) is 11.6 Å². The third-order valence-corrected chi connectivity index (χ3v) is 4.28. The summed E-state index contributed by atoms with van der Waals surface area (Å²) in [5.41, 5.74) is 5.94. The fourth-order valence-corrected chi connectivity index (χ4v) is 2.80. The summed E-state index contributed by atoms with van der Waals surface area (Å²) in [6.07, 6.45) is 8.18. The van der Waals surface area contributed by atoms with Crippen molar-refractivity contribution in [1.82, 2.24) is 9.97 Å². The van der Waals surface area contributed by atoms with Crippen LogP contribution in [0.2, 0.25) is 0 Å². The van der Waals surface area contributed by atoms with Crippen molar-refractivity contribution in [2.24, 2.45) is 11.7 Å². The molecule has 0 radical (unpaired) electrons. The van der Waals surface area contributed by atoms with Gasteiger partial charge in [-0.25, -0.2) is 9.97 Å². The maximum atomic E-state index is 5.94. The van der Waals surface area contributed by atoms with Crippen LogP contribution in [0.25, 0.3) is 0 Å². The lowest BCUT2D eigenvalue weighted by Gasteiger charge is -2.25. The van der Waals surface area contributed by atoms with Crippen LogP contribution in [0, 0.1) is 5.92 Å². The Hall–Kier alpha value is -1.36. The average Bonchev–Trinajstić information content (AvgIpc) is 2.80. The summed E-state index contributed by atoms with van der Waals surface area (Å²) in [4.78, 5) is 10.9. The van der Waals surface area contributed by atoms with Gasteiger partial charge >= 0.3 is 0 Å². The first-order valence-corrected chi connectivity index (χ1v) is 7.38. The van der Waals surface area contributed by atoms with E-state index in [2.05, 4.69) is 20.2 Å². The second-order valence-corrected chi connectivity index (χ2v) is 5.77. The Morgan fingerprint density at radius 1 is 1.32 bits per heavy atom. The fraction of sp³-hybridized carbons (Fsp3) is 0.714. The molecule has 19 heavy (non-hydrogen) atoms. The topological polar surface area (TPSA) is 67.1 Å². The maximum Gasteiger partial charge on any atom is 0.134 e. The van der Waals surface area contributed by atoms with E-state index in [-0.39, 0.29) is 6.04 Å². The second kappa shape index (κ2) is 5.74. The molecule has 1 saturated carbocycles. The number of nitrogens with two attached hydrogens (primary N) is 1. The van der Waals surface area contributed by atoms with E-state index in [9.17, 15) is 0 Å². The van der Waals surface area contributed by atoms with Gasteiger partial charge in [-0.2, -0.15) is 0 Å². The normalized spacial score (nSPS) is 23.4. The van der Waals surface area contributed by atoms with Crippen molar-refractivity contribution < 1.29 is 0 Å². The molecule has 1 aliphatic heterocycles. The highest BCUT2D eigenvalue weighted by Gasteiger charge is 2.20. The SMILES string of the molecule is NC1CCN(c2cc(NCCC3CCC3)ncn2)C1. The number of aromatic nitrogens is 2. The molecule has 1 aliphatic carbocycles. The minimum atomic E-state index is 0.282. The molecular formula is C14H23N5. The molecular weight excluding hydrogens is 238 g/mol. The van der Waals surface area contributed by atoms with E-state index in [0.717, 1.165) is 43.6 Å². The zero-order valence-corrected chi connectivity index (χ0v) is 11.4. The van der Waals surface area contributed by atoms with Crippen molar-refractivity contribution in [2.75, 3.05) is 29.9 Å². The van der Waals surface area contributed by atoms with Gasteiger partial charge in [-0.1, -0.05) is 19.3 Å². The molecule has 0 amide bonds. The van der Waals surface area contributed by atoms with Gasteiger partial charge in [-0.05, 0) is 18.8 Å². The molecule has 2 heterocycles. The average molecular weight is 261 g/mol. The lowest BCUT2D eigenvalue weighted by molar-refractivity contribution is 0.303. The summed E-state index contributed by atoms with van der Waals surface area (Å²) in [6, 6.07) is 2.32. The van der Waals surface area contributed by atoms with Crippen LogP contribution in [0.1, 0.15) is 32.1 Å². The van der Waals surface area contributed by atoms with Gasteiger partial charge in [-0.3, -0.25) is 0 Å². The van der Waals surface area contributed by atoms with E-state index in [1.807, 2.05) is 6.07 Å². The monoisotopic (exact) mass is 261 g/mol. The van der Waals surface area contributed by atoms with Crippen molar-refractivity contribution in [2.45, 2.75) is 38.1 Å². The predicted octanol–water partition coefficient (Wildman–Crippen LogP) is 1.62. The quantitative estimate of drug-likeness (QED) is 0.843. The molecule has 104 valence electrons. The van der Waals surface area contributed by atoms with Crippen LogP contribution in [0.3, 0.4) is 0 Å². The first-order chi connectivity index (χ1) is 9.31. The van der Waals surface area contributed by atoms with Crippen molar-refractivity contribution in [3.05, 3.63) is 12.4 Å². The van der Waals surface area contributed by atoms with Crippen molar-refractivity contribution in [3.63, 3.8) is 0 Å². The van der Waals surface area contributed by atoms with Crippen LogP contribution < -0.4 is 16.0 Å². The Morgan fingerprint density at radius 2 is 2.21 bits per heavy atom. The third kappa shape index (κ3) is 3.15. The zero-order valence-electron chi connectivity index (χ0n) is 11.4. The van der Waals surface area contributed by atoms with Crippen LogP contribution in [0.5, 0.6) is 0 Å². The lowest BCUT2D eigenvalue weighted by Crippen LogP contribution is -2.27. The highest BCUT2D eigenvalue weighted by molar-refractivity contribution is 5.49. The molecule has 2 aliphatic rings. The van der Waals surface area contributed by atoms with Gasteiger partial charge in [0.1, 0.15) is 18.0 Å². The maximum absolute atomic E-state index is 5.94. The molecule has 5 nitrogen and oxygen atoms in total. The molecule has 1 aromatic rings. The molecule has 1 aromatic heterocycles. The third-order valence-electron chi connectivity index (χ3n) is 4.28.